The van der Waals surface area contributed by atoms with Crippen molar-refractivity contribution in [2.24, 2.45) is 5.92 Å². The van der Waals surface area contributed by atoms with Crippen molar-refractivity contribution in [2.45, 2.75) is 77.0 Å². The first-order chi connectivity index (χ1) is 16.3. The van der Waals surface area contributed by atoms with E-state index in [4.69, 9.17) is 4.74 Å². The molecule has 2 N–H and O–H groups in total. The van der Waals surface area contributed by atoms with Crippen LogP contribution in [0.4, 0.5) is 5.82 Å². The third-order valence-electron chi connectivity index (χ3n) is 7.36. The van der Waals surface area contributed by atoms with Crippen molar-refractivity contribution in [1.82, 2.24) is 14.9 Å². The Labute approximate surface area is 201 Å². The average Bonchev–Trinajstić information content (AvgIpc) is 2.78. The summed E-state index contributed by atoms with van der Waals surface area (Å²) in [6.07, 6.45) is 5.32. The van der Waals surface area contributed by atoms with Crippen molar-refractivity contribution >= 4 is 28.5 Å². The maximum absolute atomic E-state index is 12.6. The van der Waals surface area contributed by atoms with Crippen molar-refractivity contribution in [3.8, 4) is 0 Å². The van der Waals surface area contributed by atoms with Gasteiger partial charge in [0.2, 0.25) is 0 Å². The zero-order valence-corrected chi connectivity index (χ0v) is 20.4. The molecule has 2 aliphatic rings. The smallest absolute Gasteiger partial charge is 0.303 e. The van der Waals surface area contributed by atoms with E-state index in [1.807, 2.05) is 32.0 Å². The minimum absolute atomic E-state index is 0.189. The van der Waals surface area contributed by atoms with E-state index in [1.54, 1.807) is 0 Å². The topological polar surface area (TPSA) is 105 Å². The number of esters is 1. The van der Waals surface area contributed by atoms with Crippen LogP contribution in [0.2, 0.25) is 0 Å². The van der Waals surface area contributed by atoms with Crippen molar-refractivity contribution in [1.29, 1.82) is 0 Å². The number of anilines is 1. The van der Waals surface area contributed by atoms with Gasteiger partial charge in [-0.3, -0.25) is 14.5 Å². The first kappa shape index (κ1) is 24.5. The number of aliphatic hydroxyl groups is 1. The molecule has 8 heteroatoms. The number of hydrogen-bond acceptors (Lipinski definition) is 8. The molecule has 1 saturated heterocycles. The number of likely N-dealkylation sites (tertiary alicyclic amines) is 1. The molecule has 34 heavy (non-hydrogen) atoms. The number of fused-ring (bicyclic) bond motifs is 1. The zero-order valence-electron chi connectivity index (χ0n) is 20.4. The van der Waals surface area contributed by atoms with Crippen LogP contribution < -0.4 is 5.32 Å². The van der Waals surface area contributed by atoms with Gasteiger partial charge < -0.3 is 15.2 Å². The van der Waals surface area contributed by atoms with Gasteiger partial charge in [0, 0.05) is 37.9 Å². The second-order valence-electron chi connectivity index (χ2n) is 10.0. The molecule has 8 nitrogen and oxygen atoms in total. The van der Waals surface area contributed by atoms with Crippen molar-refractivity contribution in [2.75, 3.05) is 25.0 Å². The third kappa shape index (κ3) is 5.55. The number of benzene rings is 1. The Morgan fingerprint density at radius 3 is 2.68 bits per heavy atom. The summed E-state index contributed by atoms with van der Waals surface area (Å²) in [5.41, 5.74) is 1.07. The lowest BCUT2D eigenvalue weighted by molar-refractivity contribution is -0.170. The van der Waals surface area contributed by atoms with Gasteiger partial charge in [0.15, 0.2) is 5.78 Å². The van der Waals surface area contributed by atoms with Crippen molar-refractivity contribution in [3.63, 3.8) is 0 Å². The monoisotopic (exact) mass is 468 g/mol. The van der Waals surface area contributed by atoms with Crippen molar-refractivity contribution < 1.29 is 19.4 Å². The fourth-order valence-electron chi connectivity index (χ4n) is 5.49. The standard InChI is InChI=1S/C26H36N4O4/c1-4-24(34-18(3)31)26(33)9-7-20(8-10-26)30-14-19(15-30)12-21(32)13-27-25-22-11-17(2)5-6-23(22)28-16-29-25/h5-6,11,16,19-20,24,33H,4,7-10,12-15H2,1-3H3,(H,27,28,29). The van der Waals surface area contributed by atoms with Crippen LogP contribution >= 0.6 is 0 Å². The van der Waals surface area contributed by atoms with E-state index in [-0.39, 0.29) is 18.3 Å². The first-order valence-electron chi connectivity index (χ1n) is 12.4. The summed E-state index contributed by atoms with van der Waals surface area (Å²) in [7, 11) is 0. The summed E-state index contributed by atoms with van der Waals surface area (Å²) in [5, 5.41) is 15.2. The van der Waals surface area contributed by atoms with E-state index >= 15 is 0 Å². The summed E-state index contributed by atoms with van der Waals surface area (Å²) in [6, 6.07) is 6.44. The lowest BCUT2D eigenvalue weighted by Gasteiger charge is -2.49. The third-order valence-corrected chi connectivity index (χ3v) is 7.36. The van der Waals surface area contributed by atoms with Crippen LogP contribution in [0.1, 0.15) is 57.9 Å². The number of ketones is 1. The molecule has 0 spiro atoms. The normalized spacial score (nSPS) is 24.4. The molecule has 0 amide bonds. The van der Waals surface area contributed by atoms with E-state index in [9.17, 15) is 14.7 Å². The highest BCUT2D eigenvalue weighted by Gasteiger charge is 2.44. The zero-order chi connectivity index (χ0) is 24.3. The second kappa shape index (κ2) is 10.4. The Morgan fingerprint density at radius 1 is 1.26 bits per heavy atom. The number of ether oxygens (including phenoxy) is 1. The number of rotatable bonds is 9. The van der Waals surface area contributed by atoms with Crippen molar-refractivity contribution in [3.05, 3.63) is 30.1 Å². The SMILES string of the molecule is CCC(OC(C)=O)C1(O)CCC(N2CC(CC(=O)CNc3ncnc4ccc(C)cc34)C2)CC1. The summed E-state index contributed by atoms with van der Waals surface area (Å²) < 4.78 is 5.37. The predicted molar refractivity (Wildman–Crippen MR) is 131 cm³/mol. The number of carbonyl (C=O) groups is 2. The van der Waals surface area contributed by atoms with Crippen LogP contribution in [-0.4, -0.2) is 69.1 Å². The predicted octanol–water partition coefficient (Wildman–Crippen LogP) is 3.26. The number of nitrogens with zero attached hydrogens (tertiary/aromatic N) is 3. The molecular weight excluding hydrogens is 432 g/mol. The molecule has 1 aliphatic carbocycles. The highest BCUT2D eigenvalue weighted by molar-refractivity contribution is 5.91. The van der Waals surface area contributed by atoms with Crippen LogP contribution in [0.3, 0.4) is 0 Å². The fourth-order valence-corrected chi connectivity index (χ4v) is 5.49. The van der Waals surface area contributed by atoms with Gasteiger partial charge in [0.25, 0.3) is 0 Å². The summed E-state index contributed by atoms with van der Waals surface area (Å²) in [6.45, 7) is 7.47. The van der Waals surface area contributed by atoms with E-state index in [0.29, 0.717) is 43.5 Å². The number of hydrogen-bond donors (Lipinski definition) is 2. The Morgan fingerprint density at radius 2 is 2.00 bits per heavy atom. The maximum Gasteiger partial charge on any atom is 0.303 e. The Hall–Kier alpha value is -2.58. The van der Waals surface area contributed by atoms with Gasteiger partial charge in [-0.25, -0.2) is 9.97 Å². The second-order valence-corrected chi connectivity index (χ2v) is 10.0. The Balaban J connectivity index is 1.21. The number of aromatic nitrogens is 2. The van der Waals surface area contributed by atoms with E-state index < -0.39 is 11.7 Å². The minimum atomic E-state index is -0.924. The average molecular weight is 469 g/mol. The van der Waals surface area contributed by atoms with Gasteiger partial charge >= 0.3 is 5.97 Å². The molecular formula is C26H36N4O4. The van der Waals surface area contributed by atoms with Gasteiger partial charge in [-0.05, 0) is 57.1 Å². The molecule has 184 valence electrons. The lowest BCUT2D eigenvalue weighted by Crippen LogP contribution is -2.56. The van der Waals surface area contributed by atoms with Crippen LogP contribution in [0, 0.1) is 12.8 Å². The number of aryl methyl sites for hydroxylation is 1. The molecule has 1 aromatic heterocycles. The highest BCUT2D eigenvalue weighted by atomic mass is 16.6. The van der Waals surface area contributed by atoms with Crippen LogP contribution in [0.25, 0.3) is 10.9 Å². The summed E-state index contributed by atoms with van der Waals surface area (Å²) in [5.74, 6) is 0.930. The van der Waals surface area contributed by atoms with Gasteiger partial charge in [0.1, 0.15) is 23.9 Å². The quantitative estimate of drug-likeness (QED) is 0.541. The Kier molecular flexibility index (Phi) is 7.48. The molecule has 1 unspecified atom stereocenters. The molecule has 2 heterocycles. The molecule has 1 saturated carbocycles. The van der Waals surface area contributed by atoms with Gasteiger partial charge in [-0.15, -0.1) is 0 Å². The minimum Gasteiger partial charge on any atom is -0.460 e. The molecule has 2 fully saturated rings. The lowest BCUT2D eigenvalue weighted by atomic mass is 9.76. The highest BCUT2D eigenvalue weighted by Crippen LogP contribution is 2.38. The van der Waals surface area contributed by atoms with Gasteiger partial charge in [-0.2, -0.15) is 0 Å². The molecule has 1 aliphatic heterocycles. The molecule has 2 aromatic rings. The van der Waals surface area contributed by atoms with Crippen LogP contribution in [-0.2, 0) is 14.3 Å². The molecule has 0 radical (unpaired) electrons. The Bertz CT molecular complexity index is 1030. The van der Waals surface area contributed by atoms with E-state index in [2.05, 4.69) is 20.2 Å². The summed E-state index contributed by atoms with van der Waals surface area (Å²) in [4.78, 5) is 35.0. The number of nitrogens with one attached hydrogen (secondary N) is 1. The maximum atomic E-state index is 12.6. The molecule has 1 atom stereocenters. The number of Topliss-reactive ketones (excluding diaryl/α,β-unsaturated/α-hetero) is 1. The van der Waals surface area contributed by atoms with E-state index in [1.165, 1.54) is 13.3 Å². The number of carbonyl (C=O) groups excluding carboxylic acids is 2. The van der Waals surface area contributed by atoms with Gasteiger partial charge in [-0.1, -0.05) is 18.6 Å². The van der Waals surface area contributed by atoms with Crippen LogP contribution in [0.15, 0.2) is 24.5 Å². The molecule has 1 aromatic carbocycles. The molecule has 0 bridgehead atoms. The fraction of sp³-hybridized carbons (Fsp3) is 0.615. The van der Waals surface area contributed by atoms with Gasteiger partial charge in [0.05, 0.1) is 12.1 Å². The van der Waals surface area contributed by atoms with E-state index in [0.717, 1.165) is 42.4 Å². The first-order valence-corrected chi connectivity index (χ1v) is 12.4. The molecule has 4 rings (SSSR count). The summed E-state index contributed by atoms with van der Waals surface area (Å²) >= 11 is 0. The largest absolute Gasteiger partial charge is 0.460 e. The van der Waals surface area contributed by atoms with Crippen LogP contribution in [0.5, 0.6) is 0 Å².